The summed E-state index contributed by atoms with van der Waals surface area (Å²) in [5.41, 5.74) is 3.43. The van der Waals surface area contributed by atoms with E-state index < -0.39 is 0 Å². The van der Waals surface area contributed by atoms with Crippen molar-refractivity contribution in [1.29, 1.82) is 0 Å². The Morgan fingerprint density at radius 2 is 1.78 bits per heavy atom. The predicted octanol–water partition coefficient (Wildman–Crippen LogP) is -0.931. The third kappa shape index (κ3) is 1.77. The summed E-state index contributed by atoms with van der Waals surface area (Å²) in [7, 11) is 4.15. The number of halogens is 1. The van der Waals surface area contributed by atoms with Crippen LogP contribution in [0, 0.1) is 0 Å². The third-order valence-corrected chi connectivity index (χ3v) is 3.13. The van der Waals surface area contributed by atoms with Crippen LogP contribution < -0.4 is 17.0 Å². The van der Waals surface area contributed by atoms with Gasteiger partial charge in [0, 0.05) is 6.20 Å². The maximum absolute atomic E-state index is 4.42. The maximum Gasteiger partial charge on any atom is 0.308 e. The zero-order valence-corrected chi connectivity index (χ0v) is 11.1. The summed E-state index contributed by atoms with van der Waals surface area (Å²) < 4.78 is 4.36. The first kappa shape index (κ1) is 12.6. The van der Waals surface area contributed by atoms with Crippen LogP contribution in [0.4, 0.5) is 0 Å². The Labute approximate surface area is 112 Å². The van der Waals surface area contributed by atoms with Crippen LogP contribution in [-0.2, 0) is 14.1 Å². The number of hydrogen-bond donors (Lipinski definition) is 0. The average molecular weight is 260 g/mol. The second kappa shape index (κ2) is 4.78. The number of hydrogen-bond acceptors (Lipinski definition) is 1. The molecule has 2 heterocycles. The van der Waals surface area contributed by atoms with Gasteiger partial charge in [-0.25, -0.2) is 14.1 Å². The van der Waals surface area contributed by atoms with Crippen LogP contribution in [0.25, 0.3) is 22.6 Å². The average Bonchev–Trinajstić information content (AvgIpc) is 2.64. The molecule has 1 aromatic carbocycles. The highest BCUT2D eigenvalue weighted by molar-refractivity contribution is 5.75. The second-order valence-corrected chi connectivity index (χ2v) is 4.15. The van der Waals surface area contributed by atoms with Gasteiger partial charge in [-0.3, -0.25) is 0 Å². The van der Waals surface area contributed by atoms with Crippen molar-refractivity contribution < 1.29 is 17.0 Å². The monoisotopic (exact) mass is 259 g/mol. The van der Waals surface area contributed by atoms with E-state index in [2.05, 4.69) is 52.5 Å². The van der Waals surface area contributed by atoms with Gasteiger partial charge in [0.1, 0.15) is 0 Å². The van der Waals surface area contributed by atoms with Gasteiger partial charge in [-0.1, -0.05) is 18.2 Å². The Bertz CT molecular complexity index is 635. The molecule has 0 atom stereocenters. The van der Waals surface area contributed by atoms with Gasteiger partial charge in [0.05, 0.1) is 14.1 Å². The smallest absolute Gasteiger partial charge is 0.308 e. The van der Waals surface area contributed by atoms with Gasteiger partial charge in [-0.15, -0.1) is 0 Å². The number of benzene rings is 1. The van der Waals surface area contributed by atoms with Crippen molar-refractivity contribution in [3.8, 4) is 11.5 Å². The molecule has 0 saturated heterocycles. The second-order valence-electron chi connectivity index (χ2n) is 4.15. The number of imidazole rings is 1. The standard InChI is InChI=1S/C14H14N3.ClH/c1-16-12-8-3-4-9-13(12)17(2)14(16)11-7-5-6-10-15-11;/h3-10H,1-2H3;1H/q+1;/p-1. The van der Waals surface area contributed by atoms with Gasteiger partial charge in [-0.2, -0.15) is 0 Å². The molecule has 0 fully saturated rings. The molecular formula is C14H14ClN3. The summed E-state index contributed by atoms with van der Waals surface area (Å²) in [6.07, 6.45) is 1.83. The van der Waals surface area contributed by atoms with Gasteiger partial charge < -0.3 is 12.4 Å². The van der Waals surface area contributed by atoms with Gasteiger partial charge in [0.2, 0.25) is 0 Å². The molecule has 4 heteroatoms. The van der Waals surface area contributed by atoms with Crippen molar-refractivity contribution in [3.63, 3.8) is 0 Å². The Morgan fingerprint density at radius 3 is 2.44 bits per heavy atom. The van der Waals surface area contributed by atoms with Crippen LogP contribution in [0.3, 0.4) is 0 Å². The van der Waals surface area contributed by atoms with Crippen molar-refractivity contribution in [1.82, 2.24) is 9.55 Å². The topological polar surface area (TPSA) is 21.7 Å². The van der Waals surface area contributed by atoms with Gasteiger partial charge in [0.25, 0.3) is 0 Å². The zero-order chi connectivity index (χ0) is 11.8. The predicted molar refractivity (Wildman–Crippen MR) is 67.3 cm³/mol. The summed E-state index contributed by atoms with van der Waals surface area (Å²) in [4.78, 5) is 4.42. The third-order valence-electron chi connectivity index (χ3n) is 3.13. The lowest BCUT2D eigenvalue weighted by atomic mass is 10.3. The first-order valence-corrected chi connectivity index (χ1v) is 5.64. The number of pyridine rings is 1. The molecule has 0 unspecified atom stereocenters. The maximum atomic E-state index is 4.42. The quantitative estimate of drug-likeness (QED) is 0.518. The van der Waals surface area contributed by atoms with Crippen LogP contribution in [-0.4, -0.2) is 9.55 Å². The van der Waals surface area contributed by atoms with E-state index in [4.69, 9.17) is 0 Å². The molecule has 0 aliphatic heterocycles. The van der Waals surface area contributed by atoms with Crippen LogP contribution in [0.1, 0.15) is 0 Å². The largest absolute Gasteiger partial charge is 1.00 e. The van der Waals surface area contributed by atoms with E-state index in [-0.39, 0.29) is 12.4 Å². The number of nitrogens with zero attached hydrogens (tertiary/aromatic N) is 3. The molecule has 18 heavy (non-hydrogen) atoms. The van der Waals surface area contributed by atoms with Crippen LogP contribution in [0.5, 0.6) is 0 Å². The molecule has 0 aliphatic rings. The molecule has 0 saturated carbocycles. The Hall–Kier alpha value is -1.87. The van der Waals surface area contributed by atoms with Crippen molar-refractivity contribution in [2.45, 2.75) is 0 Å². The minimum atomic E-state index is 0. The number of fused-ring (bicyclic) bond motifs is 1. The molecule has 0 aliphatic carbocycles. The van der Waals surface area contributed by atoms with E-state index in [0.717, 1.165) is 11.5 Å². The minimum absolute atomic E-state index is 0. The fraction of sp³-hybridized carbons (Fsp3) is 0.143. The Morgan fingerprint density at radius 1 is 1.06 bits per heavy atom. The fourth-order valence-electron chi connectivity index (χ4n) is 2.32. The van der Waals surface area contributed by atoms with Crippen LogP contribution >= 0.6 is 0 Å². The minimum Gasteiger partial charge on any atom is -1.00 e. The van der Waals surface area contributed by atoms with E-state index in [1.807, 2.05) is 24.4 Å². The number of rotatable bonds is 1. The highest BCUT2D eigenvalue weighted by atomic mass is 35.5. The highest BCUT2D eigenvalue weighted by Gasteiger charge is 2.21. The first-order chi connectivity index (χ1) is 8.29. The molecular weight excluding hydrogens is 246 g/mol. The molecule has 3 rings (SSSR count). The van der Waals surface area contributed by atoms with E-state index in [9.17, 15) is 0 Å². The Kier molecular flexibility index (Phi) is 3.34. The molecule has 0 amide bonds. The molecule has 0 spiro atoms. The summed E-state index contributed by atoms with van der Waals surface area (Å²) in [6.45, 7) is 0. The van der Waals surface area contributed by atoms with Gasteiger partial charge in [0.15, 0.2) is 16.7 Å². The molecule has 0 bridgehead atoms. The lowest BCUT2D eigenvalue weighted by Gasteiger charge is -1.96. The van der Waals surface area contributed by atoms with E-state index in [1.54, 1.807) is 0 Å². The lowest BCUT2D eigenvalue weighted by Crippen LogP contribution is -3.00. The zero-order valence-electron chi connectivity index (χ0n) is 10.3. The normalized spacial score (nSPS) is 10.3. The van der Waals surface area contributed by atoms with Crippen molar-refractivity contribution in [3.05, 3.63) is 48.7 Å². The number of aromatic nitrogens is 3. The summed E-state index contributed by atoms with van der Waals surface area (Å²) in [6, 6.07) is 14.4. The van der Waals surface area contributed by atoms with Crippen LogP contribution in [0.15, 0.2) is 48.7 Å². The molecule has 0 N–H and O–H groups in total. The van der Waals surface area contributed by atoms with E-state index in [1.165, 1.54) is 11.0 Å². The first-order valence-electron chi connectivity index (χ1n) is 5.64. The highest BCUT2D eigenvalue weighted by Crippen LogP contribution is 2.19. The number of aryl methyl sites for hydroxylation is 2. The molecule has 92 valence electrons. The molecule has 3 aromatic rings. The van der Waals surface area contributed by atoms with E-state index in [0.29, 0.717) is 0 Å². The SMILES string of the molecule is Cn1c(-c2ccccn2)[n+](C)c2ccccc21.[Cl-]. The lowest BCUT2D eigenvalue weighted by molar-refractivity contribution is -0.634. The Balaban J connectivity index is 0.00000120. The van der Waals surface area contributed by atoms with Crippen molar-refractivity contribution in [2.24, 2.45) is 14.1 Å². The molecule has 3 nitrogen and oxygen atoms in total. The fourth-order valence-corrected chi connectivity index (χ4v) is 2.32. The molecule has 0 radical (unpaired) electrons. The van der Waals surface area contributed by atoms with Crippen molar-refractivity contribution >= 4 is 11.0 Å². The van der Waals surface area contributed by atoms with Crippen LogP contribution in [0.2, 0.25) is 0 Å². The van der Waals surface area contributed by atoms with Gasteiger partial charge in [-0.05, 0) is 24.3 Å². The summed E-state index contributed by atoms with van der Waals surface area (Å²) in [5, 5.41) is 0. The van der Waals surface area contributed by atoms with Crippen molar-refractivity contribution in [2.75, 3.05) is 0 Å². The molecule has 2 aromatic heterocycles. The summed E-state index contributed by atoms with van der Waals surface area (Å²) >= 11 is 0. The van der Waals surface area contributed by atoms with Gasteiger partial charge >= 0.3 is 5.82 Å². The number of para-hydroxylation sites is 2. The summed E-state index contributed by atoms with van der Waals surface area (Å²) in [5.74, 6) is 1.12. The van der Waals surface area contributed by atoms with E-state index >= 15 is 0 Å².